The van der Waals surface area contributed by atoms with Gasteiger partial charge in [-0.2, -0.15) is 0 Å². The van der Waals surface area contributed by atoms with Crippen LogP contribution in [0.3, 0.4) is 0 Å². The van der Waals surface area contributed by atoms with Gasteiger partial charge in [0.25, 0.3) is 0 Å². The second-order valence-corrected chi connectivity index (χ2v) is 16.7. The van der Waals surface area contributed by atoms with Crippen molar-refractivity contribution in [3.63, 3.8) is 0 Å². The molecule has 0 spiro atoms. The molecular weight excluding hydrogens is 737 g/mol. The number of H-pyrrole nitrogens is 2. The zero-order valence-corrected chi connectivity index (χ0v) is 34.5. The van der Waals surface area contributed by atoms with E-state index in [1.165, 1.54) is 27.1 Å². The molecule has 0 radical (unpaired) electrons. The van der Waals surface area contributed by atoms with Crippen LogP contribution in [0.15, 0.2) is 54.7 Å². The molecule has 2 aromatic heterocycles. The molecule has 1 saturated carbocycles. The van der Waals surface area contributed by atoms with E-state index < -0.39 is 30.5 Å². The fraction of sp³-hybridized carbons (Fsp3) is 0.523. The summed E-state index contributed by atoms with van der Waals surface area (Å²) >= 11 is 0. The minimum absolute atomic E-state index is 0.00494. The maximum atomic E-state index is 13.8. The van der Waals surface area contributed by atoms with Crippen molar-refractivity contribution in [2.24, 2.45) is 17.8 Å². The van der Waals surface area contributed by atoms with E-state index in [1.54, 1.807) is 0 Å². The zero-order valence-electron chi connectivity index (χ0n) is 34.5. The van der Waals surface area contributed by atoms with Gasteiger partial charge in [-0.3, -0.25) is 9.69 Å². The largest absolute Gasteiger partial charge is 0.453 e. The van der Waals surface area contributed by atoms with Gasteiger partial charge in [0.05, 0.1) is 49.9 Å². The van der Waals surface area contributed by atoms with Crippen LogP contribution in [0, 0.1) is 17.8 Å². The number of carbonyl (C=O) groups is 3. The van der Waals surface area contributed by atoms with Crippen LogP contribution in [0.2, 0.25) is 0 Å². The number of aliphatic hydroxyl groups is 1. The number of hydrogen-bond donors (Lipinski definition) is 5. The molecule has 7 rings (SSSR count). The van der Waals surface area contributed by atoms with Crippen LogP contribution in [0.4, 0.5) is 9.59 Å². The van der Waals surface area contributed by atoms with Gasteiger partial charge in [-0.05, 0) is 79.4 Å². The topological polar surface area (TPSA) is 178 Å². The first-order chi connectivity index (χ1) is 27.9. The van der Waals surface area contributed by atoms with Gasteiger partial charge >= 0.3 is 12.2 Å². The lowest BCUT2D eigenvalue weighted by Crippen LogP contribution is -2.54. The van der Waals surface area contributed by atoms with Crippen molar-refractivity contribution in [2.75, 3.05) is 27.3 Å². The minimum atomic E-state index is -0.889. The Labute approximate surface area is 340 Å². The Morgan fingerprint density at radius 1 is 0.776 bits per heavy atom. The highest BCUT2D eigenvalue weighted by Crippen LogP contribution is 2.39. The SMILES string of the molecule is COC(=O)N[C@@H](C(C)C)C(O)N1CCC[C@H]1c1ncc(-c2ccc(-c3ccc(-c4nc([C@@H]5CCCN5C(=O)[C@@H](NC(=O)OC)C(C)C)[nH]c4CC4CC4)cc3)cc2)[nH]1. The molecule has 5 atom stereocenters. The van der Waals surface area contributed by atoms with E-state index >= 15 is 0 Å². The number of aromatic nitrogens is 4. The van der Waals surface area contributed by atoms with Crippen molar-refractivity contribution < 1.29 is 29.0 Å². The molecule has 1 unspecified atom stereocenters. The van der Waals surface area contributed by atoms with Gasteiger partial charge in [0, 0.05) is 24.3 Å². The van der Waals surface area contributed by atoms with E-state index in [2.05, 4.69) is 69.1 Å². The Kier molecular flexibility index (Phi) is 12.5. The highest BCUT2D eigenvalue weighted by molar-refractivity contribution is 5.86. The molecule has 310 valence electrons. The van der Waals surface area contributed by atoms with Crippen LogP contribution in [0.1, 0.15) is 95.6 Å². The standard InChI is InChI=1S/C44H58N8O6/c1-25(2)36(49-43(55)57-5)41(53)51-21-7-9-34(51)39-45-24-33(47-39)30-17-13-28(14-18-30)29-15-19-31(20-16-29)38-32(23-27-11-12-27)46-40(48-38)35-10-8-22-52(35)42(54)37(26(3)4)50-44(56)58-6/h13-20,24-27,34-37,41,53H,7-12,21-23H2,1-6H3,(H,45,47)(H,46,48)(H,49,55)(H,50,56)/t34-,35-,36-,37-,41?/m0/s1. The van der Waals surface area contributed by atoms with Gasteiger partial charge in [0.15, 0.2) is 0 Å². The lowest BCUT2D eigenvalue weighted by Gasteiger charge is -2.35. The Bertz CT molecular complexity index is 2040. The number of imidazole rings is 2. The smallest absolute Gasteiger partial charge is 0.407 e. The van der Waals surface area contributed by atoms with E-state index in [0.717, 1.165) is 83.1 Å². The van der Waals surface area contributed by atoms with E-state index in [-0.39, 0.29) is 29.8 Å². The summed E-state index contributed by atoms with van der Waals surface area (Å²) in [7, 11) is 2.63. The average molecular weight is 795 g/mol. The Balaban J connectivity index is 1.05. The van der Waals surface area contributed by atoms with Gasteiger partial charge < -0.3 is 40.1 Å². The van der Waals surface area contributed by atoms with Crippen molar-refractivity contribution >= 4 is 18.1 Å². The quantitative estimate of drug-likeness (QED) is 0.0903. The van der Waals surface area contributed by atoms with Gasteiger partial charge in [-0.1, -0.05) is 76.2 Å². The first-order valence-corrected chi connectivity index (χ1v) is 20.7. The first-order valence-electron chi connectivity index (χ1n) is 20.7. The van der Waals surface area contributed by atoms with Crippen molar-refractivity contribution in [1.29, 1.82) is 0 Å². The number of nitrogens with zero attached hydrogens (tertiary/aromatic N) is 4. The monoisotopic (exact) mass is 794 g/mol. The van der Waals surface area contributed by atoms with Gasteiger partial charge in [-0.25, -0.2) is 19.6 Å². The Morgan fingerprint density at radius 3 is 2.00 bits per heavy atom. The molecule has 58 heavy (non-hydrogen) atoms. The molecule has 2 aromatic carbocycles. The normalized spacial score (nSPS) is 20.0. The summed E-state index contributed by atoms with van der Waals surface area (Å²) in [6.45, 7) is 9.08. The van der Waals surface area contributed by atoms with Crippen molar-refractivity contribution in [3.8, 4) is 33.6 Å². The number of aliphatic hydroxyl groups excluding tert-OH is 1. The molecule has 14 heteroatoms. The molecule has 3 aliphatic rings. The van der Waals surface area contributed by atoms with Gasteiger partial charge in [-0.15, -0.1) is 0 Å². The van der Waals surface area contributed by atoms with Crippen molar-refractivity contribution in [2.45, 2.75) is 103 Å². The molecule has 3 amide bonds. The number of likely N-dealkylation sites (tertiary alicyclic amines) is 2. The fourth-order valence-corrected chi connectivity index (χ4v) is 8.48. The number of ether oxygens (including phenoxy) is 2. The highest BCUT2D eigenvalue weighted by Gasteiger charge is 2.40. The molecule has 1 aliphatic carbocycles. The summed E-state index contributed by atoms with van der Waals surface area (Å²) in [4.78, 5) is 58.8. The molecule has 2 aliphatic heterocycles. The predicted octanol–water partition coefficient (Wildman–Crippen LogP) is 6.97. The van der Waals surface area contributed by atoms with Crippen LogP contribution < -0.4 is 10.6 Å². The summed E-state index contributed by atoms with van der Waals surface area (Å²) in [5.74, 6) is 2.01. The van der Waals surface area contributed by atoms with E-state index in [4.69, 9.17) is 19.4 Å². The molecular formula is C44H58N8O6. The van der Waals surface area contributed by atoms with Gasteiger partial charge in [0.1, 0.15) is 23.9 Å². The minimum Gasteiger partial charge on any atom is -0.453 e. The summed E-state index contributed by atoms with van der Waals surface area (Å²) in [6.07, 6.45) is 6.54. The summed E-state index contributed by atoms with van der Waals surface area (Å²) < 4.78 is 9.62. The third-order valence-corrected chi connectivity index (χ3v) is 12.0. The number of rotatable bonds is 14. The molecule has 5 N–H and O–H groups in total. The van der Waals surface area contributed by atoms with Crippen molar-refractivity contribution in [3.05, 3.63) is 72.1 Å². The number of hydrogen-bond acceptors (Lipinski definition) is 9. The van der Waals surface area contributed by atoms with Crippen LogP contribution in [-0.4, -0.2) is 98.6 Å². The maximum absolute atomic E-state index is 13.8. The third kappa shape index (κ3) is 8.92. The summed E-state index contributed by atoms with van der Waals surface area (Å²) in [5, 5.41) is 16.9. The Morgan fingerprint density at radius 2 is 1.38 bits per heavy atom. The molecule has 4 aromatic rings. The second kappa shape index (κ2) is 17.7. The first kappa shape index (κ1) is 41.0. The maximum Gasteiger partial charge on any atom is 0.407 e. The van der Waals surface area contributed by atoms with Crippen LogP contribution in [0.25, 0.3) is 33.6 Å². The Hall–Kier alpha value is -5.21. The van der Waals surface area contributed by atoms with Crippen LogP contribution >= 0.6 is 0 Å². The highest BCUT2D eigenvalue weighted by atomic mass is 16.5. The number of nitrogens with one attached hydrogen (secondary N) is 4. The number of methoxy groups -OCH3 is 2. The third-order valence-electron chi connectivity index (χ3n) is 12.0. The van der Waals surface area contributed by atoms with Gasteiger partial charge in [0.2, 0.25) is 5.91 Å². The molecule has 4 heterocycles. The molecule has 14 nitrogen and oxygen atoms in total. The van der Waals surface area contributed by atoms with E-state index in [0.29, 0.717) is 19.0 Å². The fourth-order valence-electron chi connectivity index (χ4n) is 8.48. The number of amides is 3. The van der Waals surface area contributed by atoms with E-state index in [1.807, 2.05) is 43.7 Å². The number of benzene rings is 2. The lowest BCUT2D eigenvalue weighted by molar-refractivity contribution is -0.135. The summed E-state index contributed by atoms with van der Waals surface area (Å²) in [5.41, 5.74) is 7.13. The van der Waals surface area contributed by atoms with Crippen LogP contribution in [0.5, 0.6) is 0 Å². The summed E-state index contributed by atoms with van der Waals surface area (Å²) in [6, 6.07) is 15.4. The van der Waals surface area contributed by atoms with Crippen molar-refractivity contribution in [1.82, 2.24) is 40.4 Å². The zero-order chi connectivity index (χ0) is 41.1. The molecule has 2 saturated heterocycles. The predicted molar refractivity (Wildman–Crippen MR) is 220 cm³/mol. The second-order valence-electron chi connectivity index (χ2n) is 16.7. The number of alkyl carbamates (subject to hydrolysis) is 2. The average Bonchev–Trinajstić information content (AvgIpc) is 3.69. The van der Waals surface area contributed by atoms with E-state index in [9.17, 15) is 19.5 Å². The number of carbonyl (C=O) groups excluding carboxylic acids is 3. The lowest BCUT2D eigenvalue weighted by atomic mass is 10.00. The van der Waals surface area contributed by atoms with Crippen LogP contribution in [-0.2, 0) is 20.7 Å². The molecule has 3 fully saturated rings. The molecule has 0 bridgehead atoms. The number of aromatic amines is 2.